The summed E-state index contributed by atoms with van der Waals surface area (Å²) in [5.74, 6) is -5.95. The molecule has 1 fully saturated rings. The number of H-pyrrole nitrogens is 1. The summed E-state index contributed by atoms with van der Waals surface area (Å²) in [6, 6.07) is 2.59. The summed E-state index contributed by atoms with van der Waals surface area (Å²) < 4.78 is 0. The van der Waals surface area contributed by atoms with Gasteiger partial charge in [-0.25, -0.2) is 4.79 Å². The molecule has 0 bridgehead atoms. The highest BCUT2D eigenvalue weighted by Crippen LogP contribution is 2.19. The van der Waals surface area contributed by atoms with Crippen molar-refractivity contribution in [2.45, 2.75) is 62.7 Å². The Kier molecular flexibility index (Phi) is 9.98. The van der Waals surface area contributed by atoms with Gasteiger partial charge in [0.05, 0.1) is 12.5 Å². The monoisotopic (exact) mass is 544 g/mol. The molecule has 4 amide bonds. The fraction of sp³-hybridized carbons (Fsp3) is 0.440. The number of benzene rings is 1. The molecule has 9 N–H and O–H groups in total. The van der Waals surface area contributed by atoms with Crippen LogP contribution in [0.15, 0.2) is 30.5 Å². The number of carboxylic acids is 2. The average molecular weight is 545 g/mol. The second-order valence-electron chi connectivity index (χ2n) is 9.34. The molecule has 1 aliphatic heterocycles. The summed E-state index contributed by atoms with van der Waals surface area (Å²) in [6.45, 7) is 0.661. The van der Waals surface area contributed by atoms with Crippen LogP contribution in [0.5, 0.6) is 0 Å². The van der Waals surface area contributed by atoms with E-state index in [2.05, 4.69) is 26.3 Å². The molecule has 14 heteroatoms. The fourth-order valence-corrected chi connectivity index (χ4v) is 4.39. The van der Waals surface area contributed by atoms with Crippen LogP contribution in [-0.4, -0.2) is 81.5 Å². The number of carbonyl (C=O) groups is 6. The van der Waals surface area contributed by atoms with Gasteiger partial charge >= 0.3 is 11.9 Å². The summed E-state index contributed by atoms with van der Waals surface area (Å²) in [6.07, 6.45) is 1.68. The van der Waals surface area contributed by atoms with E-state index in [1.165, 1.54) is 0 Å². The SMILES string of the molecule is NC(=O)CCC(NC(=O)C(Cc1c[nH]c2ccccc12)NC(=O)C1CCCN1)C(=O)NC(CC(=O)O)C(=O)O. The van der Waals surface area contributed by atoms with Crippen LogP contribution in [0.3, 0.4) is 0 Å². The van der Waals surface area contributed by atoms with Crippen molar-refractivity contribution in [1.82, 2.24) is 26.3 Å². The van der Waals surface area contributed by atoms with E-state index in [0.29, 0.717) is 13.0 Å². The summed E-state index contributed by atoms with van der Waals surface area (Å²) in [5.41, 5.74) is 6.76. The van der Waals surface area contributed by atoms with Crippen LogP contribution in [0.2, 0.25) is 0 Å². The maximum atomic E-state index is 13.4. The van der Waals surface area contributed by atoms with Crippen molar-refractivity contribution in [3.8, 4) is 0 Å². The maximum Gasteiger partial charge on any atom is 0.326 e. The normalized spacial score (nSPS) is 17.1. The average Bonchev–Trinajstić information content (AvgIpc) is 3.56. The van der Waals surface area contributed by atoms with Crippen molar-refractivity contribution in [2.24, 2.45) is 5.73 Å². The minimum atomic E-state index is -1.77. The van der Waals surface area contributed by atoms with Gasteiger partial charge in [0.1, 0.15) is 18.1 Å². The largest absolute Gasteiger partial charge is 0.481 e. The molecule has 14 nitrogen and oxygen atoms in total. The highest BCUT2D eigenvalue weighted by Gasteiger charge is 2.32. The first-order valence-corrected chi connectivity index (χ1v) is 12.5. The van der Waals surface area contributed by atoms with Gasteiger partial charge in [0.15, 0.2) is 0 Å². The van der Waals surface area contributed by atoms with E-state index < -0.39 is 66.2 Å². The van der Waals surface area contributed by atoms with Crippen molar-refractivity contribution < 1.29 is 39.0 Å². The standard InChI is InChI=1S/C25H32N6O8/c26-20(32)8-7-17(23(36)31-19(25(38)39)11-21(33)34)29-24(37)18(30-22(35)16-6-3-9-27-16)10-13-12-28-15-5-2-1-4-14(13)15/h1-2,4-5,12,16-19,27-28H,3,6-11H2,(H2,26,32)(H,29,37)(H,30,35)(H,31,36)(H,33,34)(H,38,39). The second-order valence-corrected chi connectivity index (χ2v) is 9.34. The zero-order valence-electron chi connectivity index (χ0n) is 21.1. The van der Waals surface area contributed by atoms with E-state index in [9.17, 15) is 33.9 Å². The Balaban J connectivity index is 1.82. The number of nitrogens with one attached hydrogen (secondary N) is 5. The molecule has 1 aliphatic rings. The lowest BCUT2D eigenvalue weighted by atomic mass is 10.0. The zero-order chi connectivity index (χ0) is 28.5. The van der Waals surface area contributed by atoms with Gasteiger partial charge in [-0.3, -0.25) is 24.0 Å². The highest BCUT2D eigenvalue weighted by molar-refractivity contribution is 5.95. The number of nitrogens with two attached hydrogens (primary N) is 1. The van der Waals surface area contributed by atoms with Crippen LogP contribution in [-0.2, 0) is 35.2 Å². The summed E-state index contributed by atoms with van der Waals surface area (Å²) in [4.78, 5) is 76.2. The van der Waals surface area contributed by atoms with Crippen molar-refractivity contribution >= 4 is 46.5 Å². The van der Waals surface area contributed by atoms with Crippen LogP contribution >= 0.6 is 0 Å². The van der Waals surface area contributed by atoms with Crippen LogP contribution in [0.4, 0.5) is 0 Å². The van der Waals surface area contributed by atoms with Crippen molar-refractivity contribution in [3.63, 3.8) is 0 Å². The number of hydrogen-bond donors (Lipinski definition) is 8. The molecule has 0 spiro atoms. The Morgan fingerprint density at radius 1 is 0.974 bits per heavy atom. The fourth-order valence-electron chi connectivity index (χ4n) is 4.39. The molecule has 39 heavy (non-hydrogen) atoms. The Hall–Kier alpha value is -4.46. The molecule has 3 rings (SSSR count). The Morgan fingerprint density at radius 2 is 1.67 bits per heavy atom. The number of aromatic amines is 1. The molecule has 2 aromatic rings. The molecular weight excluding hydrogens is 512 g/mol. The number of para-hydroxylation sites is 1. The molecule has 1 saturated heterocycles. The number of aliphatic carboxylic acids is 2. The zero-order valence-corrected chi connectivity index (χ0v) is 21.1. The van der Waals surface area contributed by atoms with Crippen molar-refractivity contribution in [1.29, 1.82) is 0 Å². The van der Waals surface area contributed by atoms with Gasteiger partial charge in [0, 0.05) is 29.9 Å². The van der Waals surface area contributed by atoms with Gasteiger partial charge in [0.2, 0.25) is 23.6 Å². The number of carboxylic acid groups (broad SMARTS) is 2. The number of rotatable bonds is 14. The lowest BCUT2D eigenvalue weighted by Crippen LogP contribution is -2.57. The molecule has 4 unspecified atom stereocenters. The molecular formula is C25H32N6O8. The maximum absolute atomic E-state index is 13.4. The number of fused-ring (bicyclic) bond motifs is 1. The first kappa shape index (κ1) is 29.1. The van der Waals surface area contributed by atoms with E-state index in [1.807, 2.05) is 24.3 Å². The number of hydrogen-bond acceptors (Lipinski definition) is 7. The molecule has 1 aromatic heterocycles. The molecule has 2 heterocycles. The van der Waals surface area contributed by atoms with E-state index in [4.69, 9.17) is 10.8 Å². The lowest BCUT2D eigenvalue weighted by molar-refractivity contribution is -0.147. The first-order valence-electron chi connectivity index (χ1n) is 12.5. The van der Waals surface area contributed by atoms with Crippen molar-refractivity contribution in [3.05, 3.63) is 36.0 Å². The molecule has 1 aromatic carbocycles. The van der Waals surface area contributed by atoms with Crippen LogP contribution in [0, 0.1) is 0 Å². The molecule has 210 valence electrons. The third kappa shape index (κ3) is 8.26. The third-order valence-corrected chi connectivity index (χ3v) is 6.41. The van der Waals surface area contributed by atoms with Crippen LogP contribution < -0.4 is 27.0 Å². The summed E-state index contributed by atoms with van der Waals surface area (Å²) >= 11 is 0. The molecule has 0 aliphatic carbocycles. The molecule has 0 saturated carbocycles. The van der Waals surface area contributed by atoms with E-state index in [-0.39, 0.29) is 19.3 Å². The molecule has 4 atom stereocenters. The summed E-state index contributed by atoms with van der Waals surface area (Å²) in [7, 11) is 0. The smallest absolute Gasteiger partial charge is 0.326 e. The van der Waals surface area contributed by atoms with E-state index >= 15 is 0 Å². The number of amides is 4. The third-order valence-electron chi connectivity index (χ3n) is 6.41. The predicted octanol–water partition coefficient (Wildman–Crippen LogP) is -1.26. The number of carbonyl (C=O) groups excluding carboxylic acids is 4. The van der Waals surface area contributed by atoms with Gasteiger partial charge in [-0.2, -0.15) is 0 Å². The van der Waals surface area contributed by atoms with Crippen LogP contribution in [0.1, 0.15) is 37.7 Å². The molecule has 0 radical (unpaired) electrons. The highest BCUT2D eigenvalue weighted by atomic mass is 16.4. The minimum absolute atomic E-state index is 0.0647. The number of aromatic nitrogens is 1. The topological polar surface area (TPSA) is 233 Å². The van der Waals surface area contributed by atoms with Gasteiger partial charge < -0.3 is 42.2 Å². The Labute approximate surface area is 223 Å². The predicted molar refractivity (Wildman–Crippen MR) is 137 cm³/mol. The minimum Gasteiger partial charge on any atom is -0.481 e. The first-order chi connectivity index (χ1) is 18.5. The quantitative estimate of drug-likeness (QED) is 0.142. The van der Waals surface area contributed by atoms with Gasteiger partial charge in [-0.05, 0) is 37.4 Å². The summed E-state index contributed by atoms with van der Waals surface area (Å²) in [5, 5.41) is 29.4. The van der Waals surface area contributed by atoms with E-state index in [1.54, 1.807) is 6.20 Å². The van der Waals surface area contributed by atoms with E-state index in [0.717, 1.165) is 22.9 Å². The van der Waals surface area contributed by atoms with Gasteiger partial charge in [-0.15, -0.1) is 0 Å². The second kappa shape index (κ2) is 13.4. The van der Waals surface area contributed by atoms with Crippen LogP contribution in [0.25, 0.3) is 10.9 Å². The van der Waals surface area contributed by atoms with Gasteiger partial charge in [-0.1, -0.05) is 18.2 Å². The van der Waals surface area contributed by atoms with Gasteiger partial charge in [0.25, 0.3) is 0 Å². The van der Waals surface area contributed by atoms with Crippen molar-refractivity contribution in [2.75, 3.05) is 6.54 Å². The number of primary amides is 1. The Morgan fingerprint density at radius 3 is 2.31 bits per heavy atom. The Bertz CT molecular complexity index is 1240. The lowest BCUT2D eigenvalue weighted by Gasteiger charge is -2.25.